The van der Waals surface area contributed by atoms with E-state index in [9.17, 15) is 14.0 Å². The highest BCUT2D eigenvalue weighted by atomic mass is 19.1. The van der Waals surface area contributed by atoms with E-state index in [4.69, 9.17) is 4.52 Å². The van der Waals surface area contributed by atoms with Crippen LogP contribution in [0.1, 0.15) is 28.2 Å². The second-order valence-corrected chi connectivity index (χ2v) is 5.60. The number of nitrogens with zero attached hydrogens (tertiary/aromatic N) is 2. The van der Waals surface area contributed by atoms with Gasteiger partial charge in [0.15, 0.2) is 5.69 Å². The van der Waals surface area contributed by atoms with E-state index in [1.165, 1.54) is 12.1 Å². The number of hydrogen-bond donors (Lipinski definition) is 1. The Kier molecular flexibility index (Phi) is 4.10. The van der Waals surface area contributed by atoms with Crippen LogP contribution in [0.2, 0.25) is 0 Å². The van der Waals surface area contributed by atoms with Crippen LogP contribution in [0, 0.1) is 12.7 Å². The van der Waals surface area contributed by atoms with Gasteiger partial charge in [0, 0.05) is 25.6 Å². The Hall–Kier alpha value is -2.70. The summed E-state index contributed by atoms with van der Waals surface area (Å²) in [7, 11) is 0. The average Bonchev–Trinajstić information content (AvgIpc) is 3.08. The van der Waals surface area contributed by atoms with Crippen LogP contribution in [-0.2, 0) is 11.3 Å². The number of nitrogens with one attached hydrogen (secondary N) is 1. The normalized spacial score (nSPS) is 17.6. The molecule has 0 radical (unpaired) electrons. The van der Waals surface area contributed by atoms with Crippen LogP contribution in [-0.4, -0.2) is 34.5 Å². The average molecular weight is 317 g/mol. The first-order chi connectivity index (χ1) is 11.0. The lowest BCUT2D eigenvalue weighted by atomic mass is 10.2. The Morgan fingerprint density at radius 3 is 2.83 bits per heavy atom. The number of aromatic nitrogens is 1. The highest BCUT2D eigenvalue weighted by molar-refractivity contribution is 5.93. The SMILES string of the molecule is Cc1cc(C(=O)N[C@@H]2CC(=O)N(Cc3ccc(F)cc3)C2)no1. The summed E-state index contributed by atoms with van der Waals surface area (Å²) in [5, 5.41) is 6.43. The molecule has 0 unspecified atom stereocenters. The van der Waals surface area contributed by atoms with Gasteiger partial charge in [-0.25, -0.2) is 4.39 Å². The van der Waals surface area contributed by atoms with E-state index in [0.717, 1.165) is 5.56 Å². The predicted molar refractivity (Wildman–Crippen MR) is 78.9 cm³/mol. The standard InChI is InChI=1S/C16H16FN3O3/c1-10-6-14(19-23-10)16(22)18-13-7-15(21)20(9-13)8-11-2-4-12(17)5-3-11/h2-6,13H,7-9H2,1H3,(H,18,22)/t13-/m1/s1. The Morgan fingerprint density at radius 2 is 2.17 bits per heavy atom. The number of amides is 2. The first-order valence-corrected chi connectivity index (χ1v) is 7.27. The summed E-state index contributed by atoms with van der Waals surface area (Å²) < 4.78 is 17.8. The number of carbonyl (C=O) groups excluding carboxylic acids is 2. The van der Waals surface area contributed by atoms with Gasteiger partial charge in [-0.3, -0.25) is 9.59 Å². The van der Waals surface area contributed by atoms with E-state index in [2.05, 4.69) is 10.5 Å². The number of aryl methyl sites for hydroxylation is 1. The lowest BCUT2D eigenvalue weighted by Gasteiger charge is -2.17. The molecule has 1 fully saturated rings. The molecule has 7 heteroatoms. The van der Waals surface area contributed by atoms with Crippen molar-refractivity contribution in [1.82, 2.24) is 15.4 Å². The van der Waals surface area contributed by atoms with Crippen molar-refractivity contribution in [2.24, 2.45) is 0 Å². The summed E-state index contributed by atoms with van der Waals surface area (Å²) in [5.41, 5.74) is 1.05. The van der Waals surface area contributed by atoms with Crippen LogP contribution in [0.3, 0.4) is 0 Å². The molecule has 120 valence electrons. The first kappa shape index (κ1) is 15.2. The zero-order valence-corrected chi connectivity index (χ0v) is 12.6. The fraction of sp³-hybridized carbons (Fsp3) is 0.312. The second-order valence-electron chi connectivity index (χ2n) is 5.60. The summed E-state index contributed by atoms with van der Waals surface area (Å²) in [6.45, 7) is 2.51. The Morgan fingerprint density at radius 1 is 1.43 bits per heavy atom. The lowest BCUT2D eigenvalue weighted by Crippen LogP contribution is -2.37. The fourth-order valence-electron chi connectivity index (χ4n) is 2.56. The molecule has 0 aliphatic carbocycles. The minimum atomic E-state index is -0.358. The van der Waals surface area contributed by atoms with Crippen molar-refractivity contribution in [2.45, 2.75) is 25.9 Å². The molecular weight excluding hydrogens is 301 g/mol. The topological polar surface area (TPSA) is 75.4 Å². The van der Waals surface area contributed by atoms with E-state index in [1.54, 1.807) is 30.0 Å². The van der Waals surface area contributed by atoms with Crippen LogP contribution >= 0.6 is 0 Å². The van der Waals surface area contributed by atoms with Gasteiger partial charge in [-0.1, -0.05) is 17.3 Å². The highest BCUT2D eigenvalue weighted by Crippen LogP contribution is 2.16. The molecule has 1 aromatic carbocycles. The van der Waals surface area contributed by atoms with Gasteiger partial charge in [0.2, 0.25) is 5.91 Å². The second kappa shape index (κ2) is 6.20. The summed E-state index contributed by atoms with van der Waals surface area (Å²) in [6.07, 6.45) is 0.240. The molecule has 0 saturated carbocycles. The zero-order chi connectivity index (χ0) is 16.4. The minimum absolute atomic E-state index is 0.0454. The van der Waals surface area contributed by atoms with E-state index in [0.29, 0.717) is 18.8 Å². The molecule has 1 aliphatic heterocycles. The lowest BCUT2D eigenvalue weighted by molar-refractivity contribution is -0.128. The van der Waals surface area contributed by atoms with Crippen molar-refractivity contribution >= 4 is 11.8 Å². The molecule has 6 nitrogen and oxygen atoms in total. The largest absolute Gasteiger partial charge is 0.361 e. The summed E-state index contributed by atoms with van der Waals surface area (Å²) in [4.78, 5) is 25.7. The molecule has 2 aromatic rings. The Labute approximate surface area is 132 Å². The number of halogens is 1. The van der Waals surface area contributed by atoms with Gasteiger partial charge in [0.25, 0.3) is 5.91 Å². The smallest absolute Gasteiger partial charge is 0.273 e. The van der Waals surface area contributed by atoms with Crippen LogP contribution < -0.4 is 5.32 Å². The third kappa shape index (κ3) is 3.56. The van der Waals surface area contributed by atoms with Crippen molar-refractivity contribution in [2.75, 3.05) is 6.54 Å². The molecule has 1 N–H and O–H groups in total. The van der Waals surface area contributed by atoms with Crippen molar-refractivity contribution in [3.8, 4) is 0 Å². The quantitative estimate of drug-likeness (QED) is 0.930. The van der Waals surface area contributed by atoms with E-state index < -0.39 is 0 Å². The molecule has 2 heterocycles. The number of rotatable bonds is 4. The van der Waals surface area contributed by atoms with Gasteiger partial charge in [0.05, 0.1) is 6.04 Å². The van der Waals surface area contributed by atoms with Crippen molar-refractivity contribution in [3.05, 3.63) is 53.2 Å². The minimum Gasteiger partial charge on any atom is -0.361 e. The molecule has 0 bridgehead atoms. The maximum atomic E-state index is 12.9. The third-order valence-corrected chi connectivity index (χ3v) is 3.70. The van der Waals surface area contributed by atoms with Gasteiger partial charge < -0.3 is 14.7 Å². The maximum absolute atomic E-state index is 12.9. The van der Waals surface area contributed by atoms with Gasteiger partial charge in [-0.15, -0.1) is 0 Å². The van der Waals surface area contributed by atoms with E-state index >= 15 is 0 Å². The number of carbonyl (C=O) groups is 2. The molecule has 3 rings (SSSR count). The van der Waals surface area contributed by atoms with Gasteiger partial charge in [-0.2, -0.15) is 0 Å². The molecule has 1 saturated heterocycles. The highest BCUT2D eigenvalue weighted by Gasteiger charge is 2.31. The Balaban J connectivity index is 1.58. The van der Waals surface area contributed by atoms with Crippen molar-refractivity contribution in [3.63, 3.8) is 0 Å². The van der Waals surface area contributed by atoms with Gasteiger partial charge >= 0.3 is 0 Å². The van der Waals surface area contributed by atoms with Gasteiger partial charge in [0.1, 0.15) is 11.6 Å². The van der Waals surface area contributed by atoms with Crippen LogP contribution in [0.25, 0.3) is 0 Å². The molecule has 1 aromatic heterocycles. The van der Waals surface area contributed by atoms with Crippen LogP contribution in [0.15, 0.2) is 34.9 Å². The van der Waals surface area contributed by atoms with E-state index in [1.807, 2.05) is 0 Å². The van der Waals surface area contributed by atoms with Crippen LogP contribution in [0.4, 0.5) is 4.39 Å². The molecular formula is C16H16FN3O3. The fourth-order valence-corrected chi connectivity index (χ4v) is 2.56. The third-order valence-electron chi connectivity index (χ3n) is 3.70. The predicted octanol–water partition coefficient (Wildman–Crippen LogP) is 1.65. The monoisotopic (exact) mass is 317 g/mol. The molecule has 2 amide bonds. The number of hydrogen-bond acceptors (Lipinski definition) is 4. The summed E-state index contributed by atoms with van der Waals surface area (Å²) in [5.74, 6) is -0.163. The molecule has 0 spiro atoms. The number of benzene rings is 1. The summed E-state index contributed by atoms with van der Waals surface area (Å²) >= 11 is 0. The number of likely N-dealkylation sites (tertiary alicyclic amines) is 1. The summed E-state index contributed by atoms with van der Waals surface area (Å²) in [6, 6.07) is 7.29. The van der Waals surface area contributed by atoms with Crippen LogP contribution in [0.5, 0.6) is 0 Å². The van der Waals surface area contributed by atoms with Crippen molar-refractivity contribution < 1.29 is 18.5 Å². The first-order valence-electron chi connectivity index (χ1n) is 7.27. The zero-order valence-electron chi connectivity index (χ0n) is 12.6. The molecule has 23 heavy (non-hydrogen) atoms. The molecule has 1 aliphatic rings. The van der Waals surface area contributed by atoms with Gasteiger partial charge in [-0.05, 0) is 24.6 Å². The molecule has 1 atom stereocenters. The Bertz CT molecular complexity index is 726. The maximum Gasteiger partial charge on any atom is 0.273 e. The van der Waals surface area contributed by atoms with E-state index in [-0.39, 0.29) is 35.8 Å². The van der Waals surface area contributed by atoms with Crippen molar-refractivity contribution in [1.29, 1.82) is 0 Å².